The summed E-state index contributed by atoms with van der Waals surface area (Å²) in [4.78, 5) is 11.8. The van der Waals surface area contributed by atoms with Gasteiger partial charge in [-0.3, -0.25) is 4.79 Å². The zero-order chi connectivity index (χ0) is 12.8. The van der Waals surface area contributed by atoms with Crippen LogP contribution < -0.4 is 11.1 Å². The molecule has 3 nitrogen and oxygen atoms in total. The van der Waals surface area contributed by atoms with Crippen molar-refractivity contribution in [3.63, 3.8) is 0 Å². The lowest BCUT2D eigenvalue weighted by Crippen LogP contribution is -2.24. The molecule has 0 heterocycles. The molecule has 1 aliphatic rings. The first-order chi connectivity index (χ1) is 8.79. The van der Waals surface area contributed by atoms with Gasteiger partial charge in [0.2, 0.25) is 0 Å². The van der Waals surface area contributed by atoms with Gasteiger partial charge < -0.3 is 11.1 Å². The third kappa shape index (κ3) is 4.15. The first kappa shape index (κ1) is 13.1. The van der Waals surface area contributed by atoms with Crippen molar-refractivity contribution in [1.82, 2.24) is 5.32 Å². The molecule has 3 heteroatoms. The Kier molecular flexibility index (Phi) is 4.76. The zero-order valence-electron chi connectivity index (χ0n) is 10.8. The Bertz CT molecular complexity index is 382. The minimum absolute atomic E-state index is 0.0325. The van der Waals surface area contributed by atoms with Gasteiger partial charge in [-0.05, 0) is 49.4 Å². The van der Waals surface area contributed by atoms with Crippen LogP contribution in [-0.2, 0) is 6.42 Å². The van der Waals surface area contributed by atoms with Crippen LogP contribution in [0.4, 0.5) is 0 Å². The Hall–Kier alpha value is -1.35. The van der Waals surface area contributed by atoms with Crippen molar-refractivity contribution >= 4 is 5.91 Å². The molecule has 0 unspecified atom stereocenters. The molecule has 0 radical (unpaired) electrons. The number of rotatable bonds is 7. The second kappa shape index (κ2) is 6.55. The van der Waals surface area contributed by atoms with Crippen molar-refractivity contribution in [2.24, 2.45) is 11.7 Å². The molecule has 18 heavy (non-hydrogen) atoms. The monoisotopic (exact) mass is 246 g/mol. The lowest BCUT2D eigenvalue weighted by atomic mass is 10.1. The van der Waals surface area contributed by atoms with Crippen LogP contribution in [0.5, 0.6) is 0 Å². The Morgan fingerprint density at radius 2 is 2.00 bits per heavy atom. The minimum atomic E-state index is 0.0325. The topological polar surface area (TPSA) is 55.1 Å². The molecule has 1 aliphatic carbocycles. The highest BCUT2D eigenvalue weighted by molar-refractivity contribution is 5.94. The van der Waals surface area contributed by atoms with Gasteiger partial charge in [-0.25, -0.2) is 0 Å². The molecular weight excluding hydrogens is 224 g/mol. The van der Waals surface area contributed by atoms with Gasteiger partial charge in [0, 0.05) is 12.1 Å². The number of benzene rings is 1. The van der Waals surface area contributed by atoms with Crippen LogP contribution in [0.2, 0.25) is 0 Å². The van der Waals surface area contributed by atoms with Crippen molar-refractivity contribution in [3.8, 4) is 0 Å². The van der Waals surface area contributed by atoms with Crippen molar-refractivity contribution in [2.45, 2.75) is 32.1 Å². The average Bonchev–Trinajstić information content (AvgIpc) is 3.20. The molecule has 0 aromatic heterocycles. The molecule has 1 fully saturated rings. The van der Waals surface area contributed by atoms with Crippen molar-refractivity contribution in [1.29, 1.82) is 0 Å². The summed E-state index contributed by atoms with van der Waals surface area (Å²) in [5.74, 6) is 0.975. The highest BCUT2D eigenvalue weighted by atomic mass is 16.1. The fourth-order valence-corrected chi connectivity index (χ4v) is 2.09. The van der Waals surface area contributed by atoms with Crippen molar-refractivity contribution < 1.29 is 4.79 Å². The molecule has 3 N–H and O–H groups in total. The van der Waals surface area contributed by atoms with E-state index in [9.17, 15) is 4.79 Å². The molecule has 1 aromatic carbocycles. The molecule has 1 amide bonds. The highest BCUT2D eigenvalue weighted by Crippen LogP contribution is 2.33. The quantitative estimate of drug-likeness (QED) is 0.724. The highest BCUT2D eigenvalue weighted by Gasteiger charge is 2.20. The summed E-state index contributed by atoms with van der Waals surface area (Å²) in [6.45, 7) is 1.44. The van der Waals surface area contributed by atoms with Crippen LogP contribution in [0.25, 0.3) is 0 Å². The van der Waals surface area contributed by atoms with Gasteiger partial charge in [-0.2, -0.15) is 0 Å². The Morgan fingerprint density at radius 1 is 1.28 bits per heavy atom. The molecule has 2 rings (SSSR count). The smallest absolute Gasteiger partial charge is 0.251 e. The molecule has 0 bridgehead atoms. The molecule has 0 spiro atoms. The molecule has 1 aromatic rings. The van der Waals surface area contributed by atoms with Crippen LogP contribution in [0.15, 0.2) is 24.3 Å². The van der Waals surface area contributed by atoms with E-state index in [1.807, 2.05) is 24.3 Å². The summed E-state index contributed by atoms with van der Waals surface area (Å²) >= 11 is 0. The zero-order valence-corrected chi connectivity index (χ0v) is 10.8. The third-order valence-electron chi connectivity index (χ3n) is 3.42. The Morgan fingerprint density at radius 3 is 2.61 bits per heavy atom. The van der Waals surface area contributed by atoms with E-state index < -0.39 is 0 Å². The lowest BCUT2D eigenvalue weighted by molar-refractivity contribution is 0.0953. The Labute approximate surface area is 109 Å². The van der Waals surface area contributed by atoms with E-state index in [0.29, 0.717) is 6.54 Å². The summed E-state index contributed by atoms with van der Waals surface area (Å²) < 4.78 is 0. The van der Waals surface area contributed by atoms with Gasteiger partial charge in [0.15, 0.2) is 0 Å². The summed E-state index contributed by atoms with van der Waals surface area (Å²) in [5, 5.41) is 2.97. The van der Waals surface area contributed by atoms with Crippen LogP contribution in [0.1, 0.15) is 41.6 Å². The van der Waals surface area contributed by atoms with Gasteiger partial charge in [0.25, 0.3) is 5.91 Å². The number of amides is 1. The fourth-order valence-electron chi connectivity index (χ4n) is 2.09. The molecule has 0 aliphatic heterocycles. The number of hydrogen-bond donors (Lipinski definition) is 2. The molecular formula is C15H22N2O. The third-order valence-corrected chi connectivity index (χ3v) is 3.42. The number of carbonyl (C=O) groups excluding carboxylic acids is 1. The SMILES string of the molecule is NCCc1ccc(C(=O)NCCCC2CC2)cc1. The number of nitrogens with two attached hydrogens (primary N) is 1. The van der Waals surface area contributed by atoms with Crippen LogP contribution in [-0.4, -0.2) is 19.0 Å². The van der Waals surface area contributed by atoms with Gasteiger partial charge in [-0.15, -0.1) is 0 Å². The largest absolute Gasteiger partial charge is 0.352 e. The van der Waals surface area contributed by atoms with Gasteiger partial charge in [0.05, 0.1) is 0 Å². The predicted octanol–water partition coefficient (Wildman–Crippen LogP) is 2.11. The van der Waals surface area contributed by atoms with Crippen molar-refractivity contribution in [3.05, 3.63) is 35.4 Å². The minimum Gasteiger partial charge on any atom is -0.352 e. The van der Waals surface area contributed by atoms with E-state index >= 15 is 0 Å². The fraction of sp³-hybridized carbons (Fsp3) is 0.533. The normalized spacial score (nSPS) is 14.5. The van der Waals surface area contributed by atoms with E-state index in [2.05, 4.69) is 5.32 Å². The first-order valence-corrected chi connectivity index (χ1v) is 6.87. The van der Waals surface area contributed by atoms with E-state index in [0.717, 1.165) is 30.9 Å². The second-order valence-corrected chi connectivity index (χ2v) is 5.08. The van der Waals surface area contributed by atoms with E-state index in [4.69, 9.17) is 5.73 Å². The van der Waals surface area contributed by atoms with Crippen molar-refractivity contribution in [2.75, 3.05) is 13.1 Å². The van der Waals surface area contributed by atoms with Crippen LogP contribution in [0, 0.1) is 5.92 Å². The van der Waals surface area contributed by atoms with Gasteiger partial charge >= 0.3 is 0 Å². The van der Waals surface area contributed by atoms with Crippen LogP contribution in [0.3, 0.4) is 0 Å². The summed E-state index contributed by atoms with van der Waals surface area (Å²) in [5.41, 5.74) is 7.41. The summed E-state index contributed by atoms with van der Waals surface area (Å²) in [6, 6.07) is 7.71. The standard InChI is InChI=1S/C15H22N2O/c16-10-9-13-5-7-14(8-6-13)15(18)17-11-1-2-12-3-4-12/h5-8,12H,1-4,9-11,16H2,(H,17,18). The average molecular weight is 246 g/mol. The molecule has 0 atom stereocenters. The number of nitrogens with one attached hydrogen (secondary N) is 1. The van der Waals surface area contributed by atoms with Gasteiger partial charge in [-0.1, -0.05) is 25.0 Å². The van der Waals surface area contributed by atoms with Gasteiger partial charge in [0.1, 0.15) is 0 Å². The maximum atomic E-state index is 11.8. The number of carbonyl (C=O) groups is 1. The first-order valence-electron chi connectivity index (χ1n) is 6.87. The van der Waals surface area contributed by atoms with E-state index in [-0.39, 0.29) is 5.91 Å². The van der Waals surface area contributed by atoms with E-state index in [1.165, 1.54) is 24.8 Å². The lowest BCUT2D eigenvalue weighted by Gasteiger charge is -2.05. The van der Waals surface area contributed by atoms with Crippen LogP contribution >= 0.6 is 0 Å². The number of hydrogen-bond acceptors (Lipinski definition) is 2. The van der Waals surface area contributed by atoms with E-state index in [1.54, 1.807) is 0 Å². The molecule has 0 saturated heterocycles. The maximum Gasteiger partial charge on any atom is 0.251 e. The summed E-state index contributed by atoms with van der Waals surface area (Å²) in [7, 11) is 0. The molecule has 1 saturated carbocycles. The maximum absolute atomic E-state index is 11.8. The second-order valence-electron chi connectivity index (χ2n) is 5.08. The summed E-state index contributed by atoms with van der Waals surface area (Å²) in [6.07, 6.45) is 5.99. The predicted molar refractivity (Wildman–Crippen MR) is 73.5 cm³/mol. The Balaban J connectivity index is 1.72. The molecule has 98 valence electrons.